The summed E-state index contributed by atoms with van der Waals surface area (Å²) in [7, 11) is 1.39. The average Bonchev–Trinajstić information content (AvgIpc) is 3.00. The fraction of sp³-hybridized carbons (Fsp3) is 0.333. The third-order valence-electron chi connectivity index (χ3n) is 3.90. The van der Waals surface area contributed by atoms with Gasteiger partial charge in [-0.1, -0.05) is 23.2 Å². The predicted octanol–water partition coefficient (Wildman–Crippen LogP) is 2.57. The van der Waals surface area contributed by atoms with Crippen LogP contribution in [-0.2, 0) is 9.53 Å². The van der Waals surface area contributed by atoms with Gasteiger partial charge in [0.1, 0.15) is 0 Å². The molecule has 0 aromatic carbocycles. The number of ether oxygens (including phenoxy) is 1. The van der Waals surface area contributed by atoms with Crippen LogP contribution in [0, 0.1) is 5.92 Å². The quantitative estimate of drug-likeness (QED) is 0.790. The summed E-state index contributed by atoms with van der Waals surface area (Å²) in [5.41, 5.74) is 0.800. The van der Waals surface area contributed by atoms with E-state index in [0.29, 0.717) is 29.1 Å². The molecule has 2 aromatic rings. The van der Waals surface area contributed by atoms with Crippen molar-refractivity contribution in [2.24, 2.45) is 5.92 Å². The highest BCUT2D eigenvalue weighted by molar-refractivity contribution is 6.30. The van der Waals surface area contributed by atoms with Crippen LogP contribution in [-0.4, -0.2) is 41.3 Å². The third kappa shape index (κ3) is 3.38. The van der Waals surface area contributed by atoms with E-state index in [1.165, 1.54) is 7.11 Å². The molecule has 2 atom stereocenters. The number of hydrogen-bond acceptors (Lipinski definition) is 6. The van der Waals surface area contributed by atoms with Crippen LogP contribution in [0.3, 0.4) is 0 Å². The topological polar surface area (TPSA) is 68.2 Å². The Morgan fingerprint density at radius 2 is 2.04 bits per heavy atom. The fourth-order valence-electron chi connectivity index (χ4n) is 2.76. The van der Waals surface area contributed by atoms with Gasteiger partial charge in [-0.3, -0.25) is 9.78 Å². The van der Waals surface area contributed by atoms with Crippen LogP contribution in [0.1, 0.15) is 11.6 Å². The van der Waals surface area contributed by atoms with Gasteiger partial charge in [0.05, 0.1) is 18.1 Å². The molecule has 0 amide bonds. The molecule has 1 aliphatic heterocycles. The molecule has 0 saturated carbocycles. The zero-order chi connectivity index (χ0) is 16.4. The van der Waals surface area contributed by atoms with Crippen LogP contribution in [0.2, 0.25) is 10.2 Å². The Kier molecular flexibility index (Phi) is 4.63. The van der Waals surface area contributed by atoms with Crippen molar-refractivity contribution in [1.82, 2.24) is 15.2 Å². The second-order valence-corrected chi connectivity index (χ2v) is 6.08. The molecular formula is C15H14Cl2N4O2. The highest BCUT2D eigenvalue weighted by atomic mass is 35.5. The number of methoxy groups -OCH3 is 1. The number of pyridine rings is 1. The van der Waals surface area contributed by atoms with E-state index < -0.39 is 0 Å². The molecule has 3 rings (SSSR count). The molecule has 2 aromatic heterocycles. The molecule has 1 aliphatic rings. The SMILES string of the molecule is COC(=O)[C@@H]1CN(c2ccc(Cl)nn2)C[C@H]1c1ccc(Cl)cn1. The molecule has 1 fully saturated rings. The normalized spacial score (nSPS) is 20.6. The molecule has 0 bridgehead atoms. The van der Waals surface area contributed by atoms with E-state index in [-0.39, 0.29) is 17.8 Å². The lowest BCUT2D eigenvalue weighted by Crippen LogP contribution is -2.25. The molecular weight excluding hydrogens is 339 g/mol. The van der Waals surface area contributed by atoms with Crippen molar-refractivity contribution in [3.05, 3.63) is 46.3 Å². The zero-order valence-electron chi connectivity index (χ0n) is 12.3. The minimum atomic E-state index is -0.328. The molecule has 0 spiro atoms. The van der Waals surface area contributed by atoms with Crippen molar-refractivity contribution in [3.63, 3.8) is 0 Å². The van der Waals surface area contributed by atoms with E-state index in [0.717, 1.165) is 5.69 Å². The summed E-state index contributed by atoms with van der Waals surface area (Å²) in [6, 6.07) is 7.05. The van der Waals surface area contributed by atoms with Gasteiger partial charge in [0, 0.05) is 30.9 Å². The van der Waals surface area contributed by atoms with Gasteiger partial charge in [0.2, 0.25) is 0 Å². The Morgan fingerprint density at radius 1 is 1.22 bits per heavy atom. The summed E-state index contributed by atoms with van der Waals surface area (Å²) in [5.74, 6) is -0.0284. The summed E-state index contributed by atoms with van der Waals surface area (Å²) in [6.07, 6.45) is 1.58. The van der Waals surface area contributed by atoms with E-state index in [9.17, 15) is 4.79 Å². The van der Waals surface area contributed by atoms with Gasteiger partial charge in [-0.15, -0.1) is 10.2 Å². The first-order valence-electron chi connectivity index (χ1n) is 7.02. The monoisotopic (exact) mass is 352 g/mol. The van der Waals surface area contributed by atoms with Gasteiger partial charge in [0.15, 0.2) is 11.0 Å². The molecule has 0 unspecified atom stereocenters. The highest BCUT2D eigenvalue weighted by Gasteiger charge is 2.40. The van der Waals surface area contributed by atoms with Gasteiger partial charge in [-0.2, -0.15) is 0 Å². The van der Waals surface area contributed by atoms with Gasteiger partial charge in [-0.25, -0.2) is 0 Å². The molecule has 0 radical (unpaired) electrons. The molecule has 0 aliphatic carbocycles. The van der Waals surface area contributed by atoms with E-state index in [1.807, 2.05) is 11.0 Å². The first kappa shape index (κ1) is 16.0. The van der Waals surface area contributed by atoms with Crippen molar-refractivity contribution < 1.29 is 9.53 Å². The Labute approximate surface area is 143 Å². The number of nitrogens with zero attached hydrogens (tertiary/aromatic N) is 4. The molecule has 1 saturated heterocycles. The second-order valence-electron chi connectivity index (χ2n) is 5.26. The average molecular weight is 353 g/mol. The zero-order valence-corrected chi connectivity index (χ0v) is 13.8. The standard InChI is InChI=1S/C15H14Cl2N4O2/c1-23-15(22)11-8-21(14-5-4-13(17)19-20-14)7-10(11)12-3-2-9(16)6-18-12/h2-6,10-11H,7-8H2,1H3/t10-,11-/m1/s1. The van der Waals surface area contributed by atoms with Crippen LogP contribution in [0.15, 0.2) is 30.5 Å². The van der Waals surface area contributed by atoms with E-state index in [1.54, 1.807) is 24.4 Å². The number of rotatable bonds is 3. The lowest BCUT2D eigenvalue weighted by Gasteiger charge is -2.16. The third-order valence-corrected chi connectivity index (χ3v) is 4.32. The number of halogens is 2. The van der Waals surface area contributed by atoms with Crippen molar-refractivity contribution in [1.29, 1.82) is 0 Å². The molecule has 23 heavy (non-hydrogen) atoms. The summed E-state index contributed by atoms with van der Waals surface area (Å²) in [4.78, 5) is 18.5. The van der Waals surface area contributed by atoms with E-state index in [2.05, 4.69) is 15.2 Å². The Morgan fingerprint density at radius 3 is 2.65 bits per heavy atom. The van der Waals surface area contributed by atoms with Gasteiger partial charge >= 0.3 is 5.97 Å². The van der Waals surface area contributed by atoms with Crippen LogP contribution in [0.5, 0.6) is 0 Å². The maximum atomic E-state index is 12.1. The molecule has 3 heterocycles. The van der Waals surface area contributed by atoms with E-state index >= 15 is 0 Å². The first-order valence-corrected chi connectivity index (χ1v) is 7.77. The lowest BCUT2D eigenvalue weighted by molar-refractivity contribution is -0.145. The van der Waals surface area contributed by atoms with Crippen molar-refractivity contribution in [3.8, 4) is 0 Å². The number of anilines is 1. The van der Waals surface area contributed by atoms with Crippen molar-refractivity contribution in [2.75, 3.05) is 25.1 Å². The second kappa shape index (κ2) is 6.68. The number of aromatic nitrogens is 3. The summed E-state index contributed by atoms with van der Waals surface area (Å²) in [5, 5.41) is 8.80. The van der Waals surface area contributed by atoms with Gasteiger partial charge in [0.25, 0.3) is 0 Å². The fourth-order valence-corrected chi connectivity index (χ4v) is 2.98. The number of carbonyl (C=O) groups is 1. The first-order chi connectivity index (χ1) is 11.1. The summed E-state index contributed by atoms with van der Waals surface area (Å²) < 4.78 is 4.94. The van der Waals surface area contributed by atoms with Crippen LogP contribution >= 0.6 is 23.2 Å². The number of esters is 1. The molecule has 6 nitrogen and oxygen atoms in total. The number of carbonyl (C=O) groups excluding carboxylic acids is 1. The minimum absolute atomic E-state index is 0.0998. The van der Waals surface area contributed by atoms with Gasteiger partial charge < -0.3 is 9.64 Å². The van der Waals surface area contributed by atoms with Crippen molar-refractivity contribution in [2.45, 2.75) is 5.92 Å². The predicted molar refractivity (Wildman–Crippen MR) is 86.7 cm³/mol. The molecule has 120 valence electrons. The minimum Gasteiger partial charge on any atom is -0.469 e. The van der Waals surface area contributed by atoms with Crippen LogP contribution in [0.4, 0.5) is 5.82 Å². The Hall–Kier alpha value is -1.92. The largest absolute Gasteiger partial charge is 0.469 e. The maximum Gasteiger partial charge on any atom is 0.311 e. The summed E-state index contributed by atoms with van der Waals surface area (Å²) >= 11 is 11.7. The summed E-state index contributed by atoms with van der Waals surface area (Å²) in [6.45, 7) is 1.07. The smallest absolute Gasteiger partial charge is 0.311 e. The molecule has 8 heteroatoms. The Balaban J connectivity index is 1.88. The van der Waals surface area contributed by atoms with Crippen molar-refractivity contribution >= 4 is 35.0 Å². The van der Waals surface area contributed by atoms with Gasteiger partial charge in [-0.05, 0) is 24.3 Å². The van der Waals surface area contributed by atoms with Crippen LogP contribution < -0.4 is 4.90 Å². The Bertz CT molecular complexity index is 694. The maximum absolute atomic E-state index is 12.1. The number of hydrogen-bond donors (Lipinski definition) is 0. The molecule has 0 N–H and O–H groups in total. The van der Waals surface area contributed by atoms with Crippen LogP contribution in [0.25, 0.3) is 0 Å². The van der Waals surface area contributed by atoms with E-state index in [4.69, 9.17) is 27.9 Å². The highest BCUT2D eigenvalue weighted by Crippen LogP contribution is 2.34. The lowest BCUT2D eigenvalue weighted by atomic mass is 9.92.